The van der Waals surface area contributed by atoms with Crippen LogP contribution in [0.3, 0.4) is 0 Å². The van der Waals surface area contributed by atoms with Gasteiger partial charge in [0.2, 0.25) is 5.91 Å². The molecule has 1 unspecified atom stereocenters. The molecule has 0 aromatic carbocycles. The summed E-state index contributed by atoms with van der Waals surface area (Å²) in [5, 5.41) is 1.99. The first-order valence-corrected chi connectivity index (χ1v) is 5.01. The lowest BCUT2D eigenvalue weighted by Gasteiger charge is -2.31. The van der Waals surface area contributed by atoms with Crippen molar-refractivity contribution in [3.05, 3.63) is 0 Å². The molecule has 0 saturated heterocycles. The number of alkyl halides is 1. The lowest BCUT2D eigenvalue weighted by atomic mass is 9.96. The summed E-state index contributed by atoms with van der Waals surface area (Å²) in [6, 6.07) is 0. The van der Waals surface area contributed by atoms with Crippen molar-refractivity contribution in [3.63, 3.8) is 0 Å². The van der Waals surface area contributed by atoms with Gasteiger partial charge in [-0.3, -0.25) is 4.79 Å². The maximum Gasteiger partial charge on any atom is 0.240 e. The Kier molecular flexibility index (Phi) is 3.56. The van der Waals surface area contributed by atoms with E-state index in [1.807, 2.05) is 0 Å². The third-order valence-electron chi connectivity index (χ3n) is 2.79. The Bertz CT molecular complexity index is 190. The average Bonchev–Trinajstić information content (AvgIpc) is 2.65. The maximum atomic E-state index is 11.3. The number of rotatable bonds is 3. The minimum atomic E-state index is -0.565. The predicted molar refractivity (Wildman–Crippen MR) is 51.9 cm³/mol. The number of ether oxygens (including phenoxy) is 1. The smallest absolute Gasteiger partial charge is 0.240 e. The number of hydrogen-bond donors (Lipinski definition) is 1. The van der Waals surface area contributed by atoms with E-state index in [1.165, 1.54) is 0 Å². The van der Waals surface area contributed by atoms with Crippen molar-refractivity contribution in [2.75, 3.05) is 14.2 Å². The van der Waals surface area contributed by atoms with Gasteiger partial charge in [0.15, 0.2) is 0 Å². The molecule has 0 bridgehead atoms. The molecule has 4 heteroatoms. The van der Waals surface area contributed by atoms with Gasteiger partial charge in [-0.05, 0) is 12.8 Å². The van der Waals surface area contributed by atoms with E-state index in [-0.39, 0.29) is 5.91 Å². The Labute approximate surface area is 83.8 Å². The second kappa shape index (κ2) is 4.29. The van der Waals surface area contributed by atoms with E-state index >= 15 is 0 Å². The zero-order valence-corrected chi connectivity index (χ0v) is 8.86. The van der Waals surface area contributed by atoms with Crippen molar-refractivity contribution in [3.8, 4) is 0 Å². The van der Waals surface area contributed by atoms with Gasteiger partial charge < -0.3 is 10.1 Å². The summed E-state index contributed by atoms with van der Waals surface area (Å²) in [5.41, 5.74) is -0.429. The Hall–Kier alpha value is -0.280. The number of hydrogen-bond acceptors (Lipinski definition) is 2. The summed E-state index contributed by atoms with van der Waals surface area (Å²) in [6.07, 6.45) is 3.94. The third kappa shape index (κ3) is 1.97. The summed E-state index contributed by atoms with van der Waals surface area (Å²) < 4.78 is 5.39. The molecule has 1 aliphatic rings. The van der Waals surface area contributed by atoms with Crippen LogP contribution in [0.1, 0.15) is 25.7 Å². The van der Waals surface area contributed by atoms with Crippen LogP contribution in [-0.4, -0.2) is 31.0 Å². The summed E-state index contributed by atoms with van der Waals surface area (Å²) in [6.45, 7) is 0. The molecule has 1 aliphatic carbocycles. The summed E-state index contributed by atoms with van der Waals surface area (Å²) in [4.78, 5) is 11.3. The van der Waals surface area contributed by atoms with Gasteiger partial charge in [-0.25, -0.2) is 0 Å². The van der Waals surface area contributed by atoms with E-state index in [9.17, 15) is 4.79 Å². The average molecular weight is 206 g/mol. The van der Waals surface area contributed by atoms with Gasteiger partial charge in [-0.1, -0.05) is 12.8 Å². The highest BCUT2D eigenvalue weighted by atomic mass is 35.5. The van der Waals surface area contributed by atoms with Crippen molar-refractivity contribution in [2.45, 2.75) is 36.7 Å². The molecule has 1 atom stereocenters. The predicted octanol–water partition coefficient (Wildman–Crippen LogP) is 1.30. The van der Waals surface area contributed by atoms with Crippen molar-refractivity contribution in [1.29, 1.82) is 0 Å². The van der Waals surface area contributed by atoms with Crippen molar-refractivity contribution < 1.29 is 9.53 Å². The Morgan fingerprint density at radius 1 is 1.54 bits per heavy atom. The molecule has 1 amide bonds. The molecular formula is C9H16ClNO2. The molecule has 1 rings (SSSR count). The second-order valence-corrected chi connectivity index (χ2v) is 3.89. The molecule has 0 aromatic heterocycles. The molecule has 0 aliphatic heterocycles. The van der Waals surface area contributed by atoms with E-state index in [4.69, 9.17) is 16.3 Å². The van der Waals surface area contributed by atoms with E-state index in [2.05, 4.69) is 5.32 Å². The van der Waals surface area contributed by atoms with Gasteiger partial charge in [-0.2, -0.15) is 0 Å². The fraction of sp³-hybridized carbons (Fsp3) is 0.889. The molecule has 1 saturated carbocycles. The summed E-state index contributed by atoms with van der Waals surface area (Å²) >= 11 is 6.06. The number of methoxy groups -OCH3 is 1. The molecule has 3 nitrogen and oxygen atoms in total. The Morgan fingerprint density at radius 3 is 2.46 bits per heavy atom. The lowest BCUT2D eigenvalue weighted by Crippen LogP contribution is -2.47. The maximum absolute atomic E-state index is 11.3. The number of carbonyl (C=O) groups is 1. The molecule has 0 aromatic rings. The molecule has 13 heavy (non-hydrogen) atoms. The highest BCUT2D eigenvalue weighted by molar-refractivity contribution is 6.31. The fourth-order valence-electron chi connectivity index (χ4n) is 1.90. The Balaban J connectivity index is 2.70. The monoisotopic (exact) mass is 205 g/mol. The number of halogens is 1. The second-order valence-electron chi connectivity index (χ2n) is 3.45. The zero-order chi connectivity index (χ0) is 9.90. The molecule has 76 valence electrons. The van der Waals surface area contributed by atoms with Gasteiger partial charge in [-0.15, -0.1) is 11.6 Å². The van der Waals surface area contributed by atoms with Crippen LogP contribution >= 0.6 is 11.6 Å². The first kappa shape index (κ1) is 10.8. The Morgan fingerprint density at radius 2 is 2.08 bits per heavy atom. The van der Waals surface area contributed by atoms with Crippen LogP contribution in [0.25, 0.3) is 0 Å². The van der Waals surface area contributed by atoms with Crippen LogP contribution in [0.4, 0.5) is 0 Å². The first-order chi connectivity index (χ1) is 6.16. The van der Waals surface area contributed by atoms with Crippen LogP contribution in [-0.2, 0) is 9.53 Å². The lowest BCUT2D eigenvalue weighted by molar-refractivity contribution is -0.126. The molecular weight excluding hydrogens is 190 g/mol. The van der Waals surface area contributed by atoms with Crippen molar-refractivity contribution in [1.82, 2.24) is 5.32 Å². The molecule has 0 heterocycles. The number of amides is 1. The molecule has 0 radical (unpaired) electrons. The summed E-state index contributed by atoms with van der Waals surface area (Å²) in [7, 11) is 3.22. The van der Waals surface area contributed by atoms with Crippen LogP contribution in [0, 0.1) is 0 Å². The number of nitrogens with one attached hydrogen (secondary N) is 1. The van der Waals surface area contributed by atoms with Gasteiger partial charge >= 0.3 is 0 Å². The van der Waals surface area contributed by atoms with Crippen LogP contribution in [0.5, 0.6) is 0 Å². The van der Waals surface area contributed by atoms with Crippen LogP contribution in [0.15, 0.2) is 0 Å². The van der Waals surface area contributed by atoms with E-state index in [1.54, 1.807) is 14.2 Å². The highest BCUT2D eigenvalue weighted by Crippen LogP contribution is 2.38. The van der Waals surface area contributed by atoms with Gasteiger partial charge in [0.1, 0.15) is 5.38 Å². The van der Waals surface area contributed by atoms with Gasteiger partial charge in [0.25, 0.3) is 0 Å². The third-order valence-corrected chi connectivity index (χ3v) is 3.39. The van der Waals surface area contributed by atoms with Crippen molar-refractivity contribution in [2.24, 2.45) is 0 Å². The SMILES string of the molecule is CNC(=O)C(Cl)C1(OC)CCCC1. The normalized spacial score (nSPS) is 22.7. The van der Waals surface area contributed by atoms with E-state index in [0.29, 0.717) is 0 Å². The van der Waals surface area contributed by atoms with Crippen molar-refractivity contribution >= 4 is 17.5 Å². The minimum Gasteiger partial charge on any atom is -0.376 e. The van der Waals surface area contributed by atoms with Crippen LogP contribution < -0.4 is 5.32 Å². The number of carbonyl (C=O) groups excluding carboxylic acids is 1. The largest absolute Gasteiger partial charge is 0.376 e. The van der Waals surface area contributed by atoms with E-state index in [0.717, 1.165) is 25.7 Å². The highest BCUT2D eigenvalue weighted by Gasteiger charge is 2.44. The minimum absolute atomic E-state index is 0.148. The molecule has 1 N–H and O–H groups in total. The fourth-order valence-corrected chi connectivity index (χ4v) is 2.32. The molecule has 0 spiro atoms. The van der Waals surface area contributed by atoms with Crippen LogP contribution in [0.2, 0.25) is 0 Å². The van der Waals surface area contributed by atoms with E-state index < -0.39 is 11.0 Å². The van der Waals surface area contributed by atoms with Gasteiger partial charge in [0, 0.05) is 14.2 Å². The zero-order valence-electron chi connectivity index (χ0n) is 8.10. The summed E-state index contributed by atoms with van der Waals surface area (Å²) in [5.74, 6) is -0.148. The quantitative estimate of drug-likeness (QED) is 0.706. The topological polar surface area (TPSA) is 38.3 Å². The first-order valence-electron chi connectivity index (χ1n) is 4.57. The standard InChI is InChI=1S/C9H16ClNO2/c1-11-8(12)7(10)9(13-2)5-3-4-6-9/h7H,3-6H2,1-2H3,(H,11,12). The van der Waals surface area contributed by atoms with Gasteiger partial charge in [0.05, 0.1) is 5.60 Å². The molecule has 1 fully saturated rings.